The zero-order chi connectivity index (χ0) is 12.0. The SMILES string of the molecule is CCC(CC)COc1ccccc1C(=N)N. The summed E-state index contributed by atoms with van der Waals surface area (Å²) in [5, 5.41) is 7.45. The fourth-order valence-electron chi connectivity index (χ4n) is 1.55. The number of hydrogen-bond acceptors (Lipinski definition) is 2. The van der Waals surface area contributed by atoms with Gasteiger partial charge in [-0.15, -0.1) is 0 Å². The summed E-state index contributed by atoms with van der Waals surface area (Å²) in [5.74, 6) is 1.34. The van der Waals surface area contributed by atoms with Crippen molar-refractivity contribution in [2.45, 2.75) is 26.7 Å². The molecular weight excluding hydrogens is 200 g/mol. The lowest BCUT2D eigenvalue weighted by Crippen LogP contribution is -2.15. The average Bonchev–Trinajstić information content (AvgIpc) is 2.30. The Hall–Kier alpha value is -1.51. The van der Waals surface area contributed by atoms with Crippen LogP contribution in [0.5, 0.6) is 5.75 Å². The third kappa shape index (κ3) is 3.26. The standard InChI is InChI=1S/C13H20N2O/c1-3-10(4-2)9-16-12-8-6-5-7-11(12)13(14)15/h5-8,10H,3-4,9H2,1-2H3,(H3,14,15). The summed E-state index contributed by atoms with van der Waals surface area (Å²) < 4.78 is 5.72. The number of benzene rings is 1. The first-order valence-corrected chi connectivity index (χ1v) is 5.75. The van der Waals surface area contributed by atoms with Crippen molar-refractivity contribution in [3.8, 4) is 5.75 Å². The number of rotatable bonds is 6. The lowest BCUT2D eigenvalue weighted by atomic mass is 10.1. The molecule has 0 fully saturated rings. The summed E-state index contributed by atoms with van der Waals surface area (Å²) in [7, 11) is 0. The van der Waals surface area contributed by atoms with Crippen LogP contribution in [0, 0.1) is 11.3 Å². The monoisotopic (exact) mass is 220 g/mol. The van der Waals surface area contributed by atoms with Crippen LogP contribution in [-0.4, -0.2) is 12.4 Å². The number of para-hydroxylation sites is 1. The highest BCUT2D eigenvalue weighted by Crippen LogP contribution is 2.19. The summed E-state index contributed by atoms with van der Waals surface area (Å²) in [6.07, 6.45) is 2.22. The van der Waals surface area contributed by atoms with Crippen LogP contribution in [0.25, 0.3) is 0 Å². The first-order valence-electron chi connectivity index (χ1n) is 5.75. The molecule has 0 radical (unpaired) electrons. The lowest BCUT2D eigenvalue weighted by Gasteiger charge is -2.15. The van der Waals surface area contributed by atoms with Gasteiger partial charge in [0, 0.05) is 0 Å². The van der Waals surface area contributed by atoms with Crippen molar-refractivity contribution in [3.05, 3.63) is 29.8 Å². The van der Waals surface area contributed by atoms with Crippen molar-refractivity contribution in [3.63, 3.8) is 0 Å². The van der Waals surface area contributed by atoms with Gasteiger partial charge in [0.15, 0.2) is 0 Å². The fraction of sp³-hybridized carbons (Fsp3) is 0.462. The first kappa shape index (κ1) is 12.6. The summed E-state index contributed by atoms with van der Waals surface area (Å²) in [5.41, 5.74) is 6.16. The molecule has 3 N–H and O–H groups in total. The Bertz CT molecular complexity index is 346. The molecule has 16 heavy (non-hydrogen) atoms. The average molecular weight is 220 g/mol. The molecule has 0 aliphatic heterocycles. The topological polar surface area (TPSA) is 59.1 Å². The molecule has 1 aromatic rings. The second-order valence-electron chi connectivity index (χ2n) is 3.90. The number of nitrogens with one attached hydrogen (secondary N) is 1. The van der Waals surface area contributed by atoms with Crippen LogP contribution >= 0.6 is 0 Å². The van der Waals surface area contributed by atoms with E-state index in [2.05, 4.69) is 13.8 Å². The van der Waals surface area contributed by atoms with Crippen LogP contribution in [0.2, 0.25) is 0 Å². The molecule has 0 atom stereocenters. The van der Waals surface area contributed by atoms with Gasteiger partial charge in [-0.25, -0.2) is 0 Å². The molecule has 0 aliphatic rings. The first-order chi connectivity index (χ1) is 7.69. The van der Waals surface area contributed by atoms with Crippen molar-refractivity contribution in [1.29, 1.82) is 5.41 Å². The number of nitrogen functional groups attached to an aromatic ring is 1. The van der Waals surface area contributed by atoms with Crippen LogP contribution < -0.4 is 10.5 Å². The van der Waals surface area contributed by atoms with Crippen LogP contribution in [0.3, 0.4) is 0 Å². The molecule has 0 heterocycles. The molecule has 0 saturated heterocycles. The molecule has 0 aliphatic carbocycles. The maximum Gasteiger partial charge on any atom is 0.130 e. The fourth-order valence-corrected chi connectivity index (χ4v) is 1.55. The molecule has 1 rings (SSSR count). The summed E-state index contributed by atoms with van der Waals surface area (Å²) in [6.45, 7) is 5.01. The Morgan fingerprint density at radius 2 is 1.94 bits per heavy atom. The second kappa shape index (κ2) is 6.16. The second-order valence-corrected chi connectivity index (χ2v) is 3.90. The third-order valence-corrected chi connectivity index (χ3v) is 2.81. The van der Waals surface area contributed by atoms with E-state index in [-0.39, 0.29) is 5.84 Å². The van der Waals surface area contributed by atoms with Gasteiger partial charge in [-0.2, -0.15) is 0 Å². The molecule has 0 spiro atoms. The Labute approximate surface area is 97.1 Å². The van der Waals surface area contributed by atoms with Crippen LogP contribution in [0.4, 0.5) is 0 Å². The Balaban J connectivity index is 2.69. The zero-order valence-electron chi connectivity index (χ0n) is 9.99. The van der Waals surface area contributed by atoms with Gasteiger partial charge in [0.25, 0.3) is 0 Å². The van der Waals surface area contributed by atoms with Crippen molar-refractivity contribution in [2.24, 2.45) is 11.7 Å². The molecule has 3 nitrogen and oxygen atoms in total. The van der Waals surface area contributed by atoms with E-state index in [1.807, 2.05) is 24.3 Å². The van der Waals surface area contributed by atoms with Gasteiger partial charge in [0.05, 0.1) is 12.2 Å². The van der Waals surface area contributed by atoms with E-state index in [4.69, 9.17) is 15.9 Å². The predicted molar refractivity (Wildman–Crippen MR) is 67.0 cm³/mol. The number of nitrogens with two attached hydrogens (primary N) is 1. The highest BCUT2D eigenvalue weighted by Gasteiger charge is 2.08. The minimum Gasteiger partial charge on any atom is -0.493 e. The van der Waals surface area contributed by atoms with E-state index in [1.165, 1.54) is 0 Å². The van der Waals surface area contributed by atoms with E-state index in [9.17, 15) is 0 Å². The lowest BCUT2D eigenvalue weighted by molar-refractivity contribution is 0.240. The minimum absolute atomic E-state index is 0.0557. The summed E-state index contributed by atoms with van der Waals surface area (Å²) in [4.78, 5) is 0. The predicted octanol–water partition coefficient (Wildman–Crippen LogP) is 2.79. The van der Waals surface area contributed by atoms with Crippen LogP contribution in [-0.2, 0) is 0 Å². The van der Waals surface area contributed by atoms with Crippen LogP contribution in [0.1, 0.15) is 32.3 Å². The molecule has 0 saturated carbocycles. The van der Waals surface area contributed by atoms with Crippen molar-refractivity contribution in [1.82, 2.24) is 0 Å². The van der Waals surface area contributed by atoms with E-state index in [0.29, 0.717) is 23.8 Å². The Morgan fingerprint density at radius 1 is 1.31 bits per heavy atom. The highest BCUT2D eigenvalue weighted by molar-refractivity contribution is 5.97. The molecule has 0 bridgehead atoms. The molecule has 0 unspecified atom stereocenters. The highest BCUT2D eigenvalue weighted by atomic mass is 16.5. The molecule has 3 heteroatoms. The number of hydrogen-bond donors (Lipinski definition) is 2. The van der Waals surface area contributed by atoms with Crippen molar-refractivity contribution in [2.75, 3.05) is 6.61 Å². The maximum atomic E-state index is 7.45. The normalized spacial score (nSPS) is 10.4. The van der Waals surface area contributed by atoms with Gasteiger partial charge in [0.1, 0.15) is 11.6 Å². The molecule has 0 amide bonds. The van der Waals surface area contributed by atoms with E-state index < -0.39 is 0 Å². The third-order valence-electron chi connectivity index (χ3n) is 2.81. The van der Waals surface area contributed by atoms with Gasteiger partial charge in [0.2, 0.25) is 0 Å². The van der Waals surface area contributed by atoms with Crippen molar-refractivity contribution < 1.29 is 4.74 Å². The zero-order valence-corrected chi connectivity index (χ0v) is 9.99. The largest absolute Gasteiger partial charge is 0.493 e. The van der Waals surface area contributed by atoms with E-state index in [1.54, 1.807) is 0 Å². The Morgan fingerprint density at radius 3 is 2.50 bits per heavy atom. The van der Waals surface area contributed by atoms with Gasteiger partial charge < -0.3 is 10.5 Å². The quantitative estimate of drug-likeness (QED) is 0.572. The number of amidine groups is 1. The van der Waals surface area contributed by atoms with Gasteiger partial charge >= 0.3 is 0 Å². The van der Waals surface area contributed by atoms with Crippen molar-refractivity contribution >= 4 is 5.84 Å². The number of ether oxygens (including phenoxy) is 1. The maximum absolute atomic E-state index is 7.45. The smallest absolute Gasteiger partial charge is 0.130 e. The van der Waals surface area contributed by atoms with Gasteiger partial charge in [-0.3, -0.25) is 5.41 Å². The van der Waals surface area contributed by atoms with Gasteiger partial charge in [-0.1, -0.05) is 38.8 Å². The molecule has 88 valence electrons. The minimum atomic E-state index is 0.0557. The summed E-state index contributed by atoms with van der Waals surface area (Å²) >= 11 is 0. The molecule has 0 aromatic heterocycles. The molecule has 1 aromatic carbocycles. The van der Waals surface area contributed by atoms with E-state index in [0.717, 1.165) is 12.8 Å². The van der Waals surface area contributed by atoms with Crippen LogP contribution in [0.15, 0.2) is 24.3 Å². The van der Waals surface area contributed by atoms with Gasteiger partial charge in [-0.05, 0) is 18.1 Å². The van der Waals surface area contributed by atoms with E-state index >= 15 is 0 Å². The molecular formula is C13H20N2O. The summed E-state index contributed by atoms with van der Waals surface area (Å²) in [6, 6.07) is 7.43. The Kier molecular flexibility index (Phi) is 4.83.